The molecule has 7 nitrogen and oxygen atoms in total. The summed E-state index contributed by atoms with van der Waals surface area (Å²) in [5, 5.41) is 14.9. The molecule has 0 aliphatic rings. The van der Waals surface area contributed by atoms with Crippen LogP contribution in [-0.4, -0.2) is 22.3 Å². The zero-order valence-electron chi connectivity index (χ0n) is 14.5. The van der Waals surface area contributed by atoms with Crippen molar-refractivity contribution < 1.29 is 9.21 Å². The van der Waals surface area contributed by atoms with Gasteiger partial charge in [0.05, 0.1) is 18.7 Å². The van der Waals surface area contributed by atoms with E-state index in [0.29, 0.717) is 11.4 Å². The van der Waals surface area contributed by atoms with Crippen molar-refractivity contribution in [2.75, 3.05) is 5.32 Å². The number of aromatic nitrogens is 2. The number of amides is 1. The van der Waals surface area contributed by atoms with Crippen LogP contribution in [0.2, 0.25) is 0 Å². The van der Waals surface area contributed by atoms with Crippen LogP contribution in [0.3, 0.4) is 0 Å². The number of carbonyl (C=O) groups is 1. The highest BCUT2D eigenvalue weighted by atomic mass is 35.5. The van der Waals surface area contributed by atoms with Crippen molar-refractivity contribution in [1.29, 1.82) is 0 Å². The molecule has 144 valence electrons. The van der Waals surface area contributed by atoms with E-state index >= 15 is 0 Å². The fraction of sp³-hybridized carbons (Fsp3) is 0. The number of fused-ring (bicyclic) bond motifs is 1. The van der Waals surface area contributed by atoms with Gasteiger partial charge in [0.2, 0.25) is 0 Å². The van der Waals surface area contributed by atoms with E-state index in [4.69, 9.17) is 10.3 Å². The quantitative estimate of drug-likeness (QED) is 0.262. The first-order valence-electron chi connectivity index (χ1n) is 7.89. The van der Waals surface area contributed by atoms with Crippen LogP contribution in [0.25, 0.3) is 21.9 Å². The van der Waals surface area contributed by atoms with Gasteiger partial charge in [0.25, 0.3) is 5.91 Å². The molecule has 1 amide bonds. The third-order valence-electron chi connectivity index (χ3n) is 4.04. The van der Waals surface area contributed by atoms with Gasteiger partial charge in [-0.2, -0.15) is 10.2 Å². The van der Waals surface area contributed by atoms with Crippen LogP contribution < -0.4 is 11.2 Å². The number of anilines is 1. The summed E-state index contributed by atoms with van der Waals surface area (Å²) >= 11 is 0. The number of hydrogen-bond acceptors (Lipinski definition) is 5. The first-order chi connectivity index (χ1) is 12.7. The molecule has 0 radical (unpaired) electrons. The maximum atomic E-state index is 12.6. The number of nitrogens with zero attached hydrogens (tertiary/aromatic N) is 2. The van der Waals surface area contributed by atoms with E-state index in [1.807, 2.05) is 36.4 Å². The van der Waals surface area contributed by atoms with Gasteiger partial charge >= 0.3 is 0 Å². The van der Waals surface area contributed by atoms with Gasteiger partial charge in [-0.3, -0.25) is 9.89 Å². The zero-order chi connectivity index (χ0) is 17.9. The van der Waals surface area contributed by atoms with E-state index in [1.165, 1.54) is 0 Å². The number of hydrogen-bond donors (Lipinski definition) is 3. The second kappa shape index (κ2) is 9.07. The summed E-state index contributed by atoms with van der Waals surface area (Å²) in [5.41, 5.74) is 3.16. The Morgan fingerprint density at radius 2 is 2.04 bits per heavy atom. The number of nitrogens with two attached hydrogens (primary N) is 1. The molecule has 0 saturated heterocycles. The van der Waals surface area contributed by atoms with Gasteiger partial charge in [0.15, 0.2) is 5.82 Å². The number of furan rings is 1. The number of hydrazone groups is 1. The predicted octanol–water partition coefficient (Wildman–Crippen LogP) is 4.21. The lowest BCUT2D eigenvalue weighted by Crippen LogP contribution is -2.12. The van der Waals surface area contributed by atoms with Crippen molar-refractivity contribution in [3.63, 3.8) is 0 Å². The number of nitrogens with one attached hydrogen (secondary N) is 2. The summed E-state index contributed by atoms with van der Waals surface area (Å²) in [6, 6.07) is 13.0. The molecule has 0 saturated carbocycles. The molecule has 2 aromatic heterocycles. The number of benzene rings is 2. The van der Waals surface area contributed by atoms with Crippen molar-refractivity contribution in [2.24, 2.45) is 10.9 Å². The summed E-state index contributed by atoms with van der Waals surface area (Å²) < 4.78 is 5.22. The third-order valence-corrected chi connectivity index (χ3v) is 4.04. The summed E-state index contributed by atoms with van der Waals surface area (Å²) in [7, 11) is 0. The molecule has 2 heterocycles. The van der Waals surface area contributed by atoms with Gasteiger partial charge in [-0.1, -0.05) is 12.1 Å². The monoisotopic (exact) mass is 417 g/mol. The average molecular weight is 418 g/mol. The lowest BCUT2D eigenvalue weighted by molar-refractivity contribution is 0.102. The fourth-order valence-corrected chi connectivity index (χ4v) is 2.85. The Morgan fingerprint density at radius 3 is 2.71 bits per heavy atom. The van der Waals surface area contributed by atoms with E-state index in [1.54, 1.807) is 31.0 Å². The van der Waals surface area contributed by atoms with Gasteiger partial charge < -0.3 is 15.6 Å². The normalized spacial score (nSPS) is 10.4. The third kappa shape index (κ3) is 4.16. The number of carbonyl (C=O) groups excluding carboxylic acids is 1. The van der Waals surface area contributed by atoms with Crippen LogP contribution in [0.1, 0.15) is 15.9 Å². The van der Waals surface area contributed by atoms with Gasteiger partial charge in [0.1, 0.15) is 0 Å². The van der Waals surface area contributed by atoms with E-state index in [0.717, 1.165) is 27.5 Å². The minimum absolute atomic E-state index is 0. The standard InChI is InChI=1S/C19H15N5O2.2ClH/c20-21-10-12-1-2-13-8-15(19(25)23-18-3-5-22-24-18)9-17(16(13)7-12)14-4-6-26-11-14;;/h1-11H,20H2,(H2,22,23,24,25);2*1H. The number of rotatable bonds is 4. The summed E-state index contributed by atoms with van der Waals surface area (Å²) in [6.07, 6.45) is 6.47. The first-order valence-corrected chi connectivity index (χ1v) is 7.89. The molecular weight excluding hydrogens is 401 g/mol. The smallest absolute Gasteiger partial charge is 0.256 e. The number of H-pyrrole nitrogens is 1. The second-order valence-electron chi connectivity index (χ2n) is 5.71. The first kappa shape index (κ1) is 21.0. The van der Waals surface area contributed by atoms with Crippen molar-refractivity contribution in [1.82, 2.24) is 10.2 Å². The van der Waals surface area contributed by atoms with Crippen molar-refractivity contribution in [2.45, 2.75) is 0 Å². The molecular formula is C19H17Cl2N5O2. The molecule has 0 aliphatic heterocycles. The maximum absolute atomic E-state index is 12.6. The van der Waals surface area contributed by atoms with Crippen molar-refractivity contribution in [3.05, 3.63) is 72.3 Å². The molecule has 0 bridgehead atoms. The molecule has 4 rings (SSSR count). The van der Waals surface area contributed by atoms with Crippen LogP contribution in [-0.2, 0) is 0 Å². The zero-order valence-corrected chi connectivity index (χ0v) is 16.1. The highest BCUT2D eigenvalue weighted by molar-refractivity contribution is 6.09. The van der Waals surface area contributed by atoms with Gasteiger partial charge in [0, 0.05) is 23.4 Å². The molecule has 0 fully saturated rings. The Bertz CT molecular complexity index is 1090. The maximum Gasteiger partial charge on any atom is 0.256 e. The van der Waals surface area contributed by atoms with Crippen LogP contribution in [0.15, 0.2) is 70.7 Å². The van der Waals surface area contributed by atoms with E-state index < -0.39 is 0 Å². The largest absolute Gasteiger partial charge is 0.472 e. The molecule has 9 heteroatoms. The lowest BCUT2D eigenvalue weighted by atomic mass is 9.95. The van der Waals surface area contributed by atoms with Gasteiger partial charge in [-0.05, 0) is 46.2 Å². The summed E-state index contributed by atoms with van der Waals surface area (Å²) in [6.45, 7) is 0. The summed E-state index contributed by atoms with van der Waals surface area (Å²) in [4.78, 5) is 12.6. The van der Waals surface area contributed by atoms with E-state index in [2.05, 4.69) is 20.6 Å². The van der Waals surface area contributed by atoms with E-state index in [-0.39, 0.29) is 30.7 Å². The topological polar surface area (TPSA) is 109 Å². The van der Waals surface area contributed by atoms with Crippen LogP contribution in [0.5, 0.6) is 0 Å². The Morgan fingerprint density at radius 1 is 1.18 bits per heavy atom. The Hall–Kier alpha value is -3.29. The predicted molar refractivity (Wildman–Crippen MR) is 114 cm³/mol. The van der Waals surface area contributed by atoms with E-state index in [9.17, 15) is 4.79 Å². The molecule has 0 spiro atoms. The molecule has 0 unspecified atom stereocenters. The second-order valence-corrected chi connectivity index (χ2v) is 5.71. The van der Waals surface area contributed by atoms with Crippen molar-refractivity contribution >= 4 is 53.5 Å². The average Bonchev–Trinajstić information content (AvgIpc) is 3.35. The summed E-state index contributed by atoms with van der Waals surface area (Å²) in [5.74, 6) is 5.49. The SMILES string of the molecule is Cl.Cl.NN=Cc1ccc2cc(C(=O)Nc3cc[nH]n3)cc(-c3ccoc3)c2c1. The number of aromatic amines is 1. The van der Waals surface area contributed by atoms with Crippen LogP contribution in [0, 0.1) is 0 Å². The van der Waals surface area contributed by atoms with Crippen LogP contribution in [0.4, 0.5) is 5.82 Å². The minimum Gasteiger partial charge on any atom is -0.472 e. The van der Waals surface area contributed by atoms with Crippen molar-refractivity contribution in [3.8, 4) is 11.1 Å². The molecule has 4 aromatic rings. The molecule has 2 aromatic carbocycles. The highest BCUT2D eigenvalue weighted by Crippen LogP contribution is 2.31. The number of halogens is 2. The highest BCUT2D eigenvalue weighted by Gasteiger charge is 2.13. The lowest BCUT2D eigenvalue weighted by Gasteiger charge is -2.10. The fourth-order valence-electron chi connectivity index (χ4n) is 2.85. The van der Waals surface area contributed by atoms with Gasteiger partial charge in [-0.15, -0.1) is 24.8 Å². The Kier molecular flexibility index (Phi) is 6.81. The molecule has 4 N–H and O–H groups in total. The Labute approximate surface area is 172 Å². The molecule has 28 heavy (non-hydrogen) atoms. The van der Waals surface area contributed by atoms with Crippen LogP contribution >= 0.6 is 24.8 Å². The minimum atomic E-state index is -0.239. The Balaban J connectivity index is 0.00000140. The molecule has 0 atom stereocenters. The van der Waals surface area contributed by atoms with Gasteiger partial charge in [-0.25, -0.2) is 0 Å². The molecule has 0 aliphatic carbocycles.